The summed E-state index contributed by atoms with van der Waals surface area (Å²) in [5.41, 5.74) is 3.52. The Hall–Kier alpha value is -2.65. The summed E-state index contributed by atoms with van der Waals surface area (Å²) in [6.45, 7) is 1.06. The molecule has 2 aromatic carbocycles. The lowest BCUT2D eigenvalue weighted by Crippen LogP contribution is -1.95. The normalized spacial score (nSPS) is 15.2. The molecule has 5 aromatic rings. The van der Waals surface area contributed by atoms with E-state index in [9.17, 15) is 0 Å². The van der Waals surface area contributed by atoms with E-state index >= 15 is 0 Å². The van der Waals surface area contributed by atoms with Crippen molar-refractivity contribution in [3.8, 4) is 11.3 Å². The number of pyridine rings is 1. The molecule has 5 rings (SSSR count). The molecule has 3 heteroatoms. The van der Waals surface area contributed by atoms with Crippen LogP contribution in [0, 0.1) is 6.85 Å². The smallest absolute Gasteiger partial charge is 0.153 e. The van der Waals surface area contributed by atoms with Crippen LogP contribution >= 0.6 is 11.3 Å². The molecule has 0 radical (unpaired) electrons. The van der Waals surface area contributed by atoms with Gasteiger partial charge in [-0.1, -0.05) is 32.0 Å². The van der Waals surface area contributed by atoms with Crippen LogP contribution < -0.4 is 0 Å². The van der Waals surface area contributed by atoms with E-state index in [2.05, 4.69) is 28.6 Å². The zero-order valence-corrected chi connectivity index (χ0v) is 15.3. The van der Waals surface area contributed by atoms with Gasteiger partial charge in [0.25, 0.3) is 0 Å². The molecular weight excluding hydrogens is 338 g/mol. The van der Waals surface area contributed by atoms with Crippen LogP contribution in [0.5, 0.6) is 0 Å². The van der Waals surface area contributed by atoms with Gasteiger partial charge >= 0.3 is 0 Å². The molecule has 0 aliphatic rings. The fraction of sp³-hybridized carbons (Fsp3) is 0.174. The van der Waals surface area contributed by atoms with E-state index in [0.29, 0.717) is 11.3 Å². The molecule has 3 aromatic heterocycles. The summed E-state index contributed by atoms with van der Waals surface area (Å²) in [4.78, 5) is 4.46. The van der Waals surface area contributed by atoms with E-state index in [-0.39, 0.29) is 5.56 Å². The number of hydrogen-bond donors (Lipinski definition) is 0. The number of nitrogens with zero attached hydrogens (tertiary/aromatic N) is 1. The van der Waals surface area contributed by atoms with E-state index in [4.69, 9.17) is 9.90 Å². The maximum Gasteiger partial charge on any atom is 0.153 e. The van der Waals surface area contributed by atoms with E-state index in [1.807, 2.05) is 18.2 Å². The van der Waals surface area contributed by atoms with Gasteiger partial charge in [-0.2, -0.15) is 0 Å². The van der Waals surface area contributed by atoms with Gasteiger partial charge in [-0.15, -0.1) is 11.3 Å². The van der Waals surface area contributed by atoms with Crippen molar-refractivity contribution in [3.63, 3.8) is 0 Å². The average molecular weight is 362 g/mol. The van der Waals surface area contributed by atoms with E-state index in [1.54, 1.807) is 31.3 Å². The van der Waals surface area contributed by atoms with Crippen molar-refractivity contribution >= 4 is 43.4 Å². The van der Waals surface area contributed by atoms with Gasteiger partial charge in [0.15, 0.2) is 5.58 Å². The Morgan fingerprint density at radius 3 is 2.85 bits per heavy atom. The van der Waals surface area contributed by atoms with Gasteiger partial charge < -0.3 is 4.42 Å². The fourth-order valence-electron chi connectivity index (χ4n) is 3.50. The third kappa shape index (κ3) is 2.20. The van der Waals surface area contributed by atoms with Crippen molar-refractivity contribution in [1.82, 2.24) is 4.98 Å². The summed E-state index contributed by atoms with van der Waals surface area (Å²) in [5.74, 6) is -1.08. The highest BCUT2D eigenvalue weighted by atomic mass is 32.1. The molecule has 0 fully saturated rings. The van der Waals surface area contributed by atoms with Crippen molar-refractivity contribution < 1.29 is 9.90 Å². The van der Waals surface area contributed by atoms with Gasteiger partial charge in [0.1, 0.15) is 5.58 Å². The molecular formula is C23H19NOS. The summed E-state index contributed by atoms with van der Waals surface area (Å²) in [7, 11) is 0. The molecule has 2 nitrogen and oxygen atoms in total. The van der Waals surface area contributed by atoms with Crippen LogP contribution in [0.4, 0.5) is 0 Å². The zero-order valence-electron chi connectivity index (χ0n) is 18.5. The summed E-state index contributed by atoms with van der Waals surface area (Å²) < 4.78 is 39.4. The Bertz CT molecular complexity index is 1420. The zero-order chi connectivity index (χ0) is 21.3. The number of rotatable bonds is 2. The van der Waals surface area contributed by atoms with Crippen LogP contribution in [0.15, 0.2) is 58.5 Å². The van der Waals surface area contributed by atoms with Crippen LogP contribution in [0.2, 0.25) is 0 Å². The maximum absolute atomic E-state index is 8.48. The molecule has 0 saturated carbocycles. The SMILES string of the molecule is [2H]C([2H])([2H])c1cnc(-c2cccc3c2oc2c3ccc3ccsc32)cc1C([2H])(C)C. The topological polar surface area (TPSA) is 26.0 Å². The molecule has 0 aliphatic heterocycles. The summed E-state index contributed by atoms with van der Waals surface area (Å²) in [5, 5.41) is 5.23. The van der Waals surface area contributed by atoms with Crippen molar-refractivity contribution in [3.05, 3.63) is 65.2 Å². The van der Waals surface area contributed by atoms with Gasteiger partial charge in [-0.25, -0.2) is 0 Å². The van der Waals surface area contributed by atoms with Crippen molar-refractivity contribution in [2.45, 2.75) is 26.6 Å². The molecule has 3 heterocycles. The second kappa shape index (κ2) is 5.68. The van der Waals surface area contributed by atoms with Crippen LogP contribution in [0.25, 0.3) is 43.3 Å². The first kappa shape index (κ1) is 11.9. The average Bonchev–Trinajstić information content (AvgIpc) is 3.30. The summed E-state index contributed by atoms with van der Waals surface area (Å²) >= 11 is 1.65. The standard InChI is InChI=1S/C23H19NOS/c1-13(2)19-11-20(24-12-14(19)3)18-6-4-5-16-17-8-7-15-9-10-26-23(15)22(17)25-21(16)18/h4-13H,1-3H3/i3D3,13D. The fourth-order valence-corrected chi connectivity index (χ4v) is 4.38. The van der Waals surface area contributed by atoms with E-state index in [1.165, 1.54) is 6.20 Å². The molecule has 0 unspecified atom stereocenters. The number of aromatic nitrogens is 1. The van der Waals surface area contributed by atoms with Gasteiger partial charge in [0, 0.05) is 28.0 Å². The van der Waals surface area contributed by atoms with Crippen LogP contribution in [0.1, 0.15) is 36.4 Å². The van der Waals surface area contributed by atoms with E-state index < -0.39 is 12.7 Å². The number of fused-ring (bicyclic) bond motifs is 5. The Labute approximate surface area is 161 Å². The summed E-state index contributed by atoms with van der Waals surface area (Å²) in [6.07, 6.45) is 1.38. The quantitative estimate of drug-likeness (QED) is 0.330. The lowest BCUT2D eigenvalue weighted by Gasteiger charge is -2.11. The second-order valence-corrected chi connectivity index (χ2v) is 7.60. The molecule has 0 aliphatic carbocycles. The minimum atomic E-state index is -2.32. The van der Waals surface area contributed by atoms with E-state index in [0.717, 1.165) is 37.6 Å². The minimum absolute atomic E-state index is 0.114. The highest BCUT2D eigenvalue weighted by molar-refractivity contribution is 7.18. The number of thiophene rings is 1. The van der Waals surface area contributed by atoms with Gasteiger partial charge in [0.05, 0.1) is 10.4 Å². The highest BCUT2D eigenvalue weighted by Gasteiger charge is 2.16. The first-order valence-electron chi connectivity index (χ1n) is 10.5. The Morgan fingerprint density at radius 1 is 1.12 bits per heavy atom. The van der Waals surface area contributed by atoms with Crippen LogP contribution in [0.3, 0.4) is 0 Å². The second-order valence-electron chi connectivity index (χ2n) is 6.68. The molecule has 26 heavy (non-hydrogen) atoms. The maximum atomic E-state index is 8.48. The predicted octanol–water partition coefficient (Wildman–Crippen LogP) is 7.29. The first-order valence-corrected chi connectivity index (χ1v) is 9.35. The highest BCUT2D eigenvalue weighted by Crippen LogP contribution is 2.40. The Balaban J connectivity index is 1.80. The van der Waals surface area contributed by atoms with Crippen LogP contribution in [-0.2, 0) is 0 Å². The number of benzene rings is 2. The molecule has 0 amide bonds. The molecule has 0 saturated heterocycles. The van der Waals surface area contributed by atoms with Crippen molar-refractivity contribution in [1.29, 1.82) is 0 Å². The van der Waals surface area contributed by atoms with Gasteiger partial charge in [-0.3, -0.25) is 4.98 Å². The number of hydrogen-bond acceptors (Lipinski definition) is 3. The Kier molecular flexibility index (Phi) is 2.59. The third-order valence-electron chi connectivity index (χ3n) is 4.80. The lowest BCUT2D eigenvalue weighted by atomic mass is 9.97. The molecule has 0 spiro atoms. The Morgan fingerprint density at radius 2 is 2.00 bits per heavy atom. The first-order chi connectivity index (χ1) is 14.1. The number of para-hydroxylation sites is 1. The molecule has 128 valence electrons. The van der Waals surface area contributed by atoms with Gasteiger partial charge in [-0.05, 0) is 58.9 Å². The lowest BCUT2D eigenvalue weighted by molar-refractivity contribution is 0.674. The monoisotopic (exact) mass is 361 g/mol. The number of aryl methyl sites for hydroxylation is 1. The number of furan rings is 1. The predicted molar refractivity (Wildman–Crippen MR) is 111 cm³/mol. The van der Waals surface area contributed by atoms with Gasteiger partial charge in [0.2, 0.25) is 0 Å². The van der Waals surface area contributed by atoms with Crippen molar-refractivity contribution in [2.75, 3.05) is 0 Å². The largest absolute Gasteiger partial charge is 0.454 e. The minimum Gasteiger partial charge on any atom is -0.454 e. The summed E-state index contributed by atoms with van der Waals surface area (Å²) in [6, 6.07) is 13.9. The van der Waals surface area contributed by atoms with Crippen molar-refractivity contribution in [2.24, 2.45) is 0 Å². The van der Waals surface area contributed by atoms with Crippen LogP contribution in [-0.4, -0.2) is 4.98 Å². The molecule has 0 bridgehead atoms. The third-order valence-corrected chi connectivity index (χ3v) is 5.73. The molecule has 0 atom stereocenters. The molecule has 0 N–H and O–H groups in total.